The van der Waals surface area contributed by atoms with Crippen LogP contribution in [0.2, 0.25) is 10.0 Å². The number of tetrazole rings is 1. The number of thioether (sulfide) groups is 1. The number of aromatic nitrogens is 5. The molecule has 10 heteroatoms. The molecule has 0 aliphatic heterocycles. The first-order valence-corrected chi connectivity index (χ1v) is 13.1. The molecule has 5 aromatic rings. The van der Waals surface area contributed by atoms with Crippen molar-refractivity contribution in [2.24, 2.45) is 0 Å². The van der Waals surface area contributed by atoms with Gasteiger partial charge in [-0.2, -0.15) is 4.68 Å². The van der Waals surface area contributed by atoms with Crippen molar-refractivity contribution < 1.29 is 0 Å². The minimum absolute atomic E-state index is 0. The molecule has 0 saturated carbocycles. The minimum atomic E-state index is 0. The second-order valence-corrected chi connectivity index (χ2v) is 10.0. The van der Waals surface area contributed by atoms with Crippen LogP contribution in [0, 0.1) is 0 Å². The summed E-state index contributed by atoms with van der Waals surface area (Å²) < 4.78 is 4.03. The summed E-state index contributed by atoms with van der Waals surface area (Å²) in [5, 5.41) is 19.1. The Bertz CT molecular complexity index is 1420. The van der Waals surface area contributed by atoms with Crippen LogP contribution in [0.4, 0.5) is 0 Å². The number of benzene rings is 3. The van der Waals surface area contributed by atoms with Gasteiger partial charge in [0.1, 0.15) is 0 Å². The lowest BCUT2D eigenvalue weighted by molar-refractivity contribution is 0.677. The fourth-order valence-corrected chi connectivity index (χ4v) is 5.31. The molecule has 0 atom stereocenters. The maximum Gasteiger partial charge on any atom is 0.214 e. The van der Waals surface area contributed by atoms with Crippen LogP contribution in [0.5, 0.6) is 0 Å². The number of halogens is 3. The average Bonchev–Trinajstić information content (AvgIpc) is 3.48. The van der Waals surface area contributed by atoms with E-state index in [0.717, 1.165) is 41.7 Å². The molecule has 0 fully saturated rings. The Kier molecular flexibility index (Phi) is 9.29. The lowest BCUT2D eigenvalue weighted by Gasteiger charge is -2.08. The van der Waals surface area contributed by atoms with E-state index in [9.17, 15) is 0 Å². The van der Waals surface area contributed by atoms with Gasteiger partial charge in [0.2, 0.25) is 5.16 Å². The molecular formula is C26H25Cl3N6S. The zero-order valence-electron chi connectivity index (χ0n) is 19.3. The van der Waals surface area contributed by atoms with Crippen LogP contribution in [0.1, 0.15) is 17.5 Å². The number of nitrogens with one attached hydrogen (secondary N) is 1. The molecule has 0 spiro atoms. The van der Waals surface area contributed by atoms with E-state index in [-0.39, 0.29) is 12.4 Å². The summed E-state index contributed by atoms with van der Waals surface area (Å²) >= 11 is 14.2. The molecule has 2 aromatic heterocycles. The van der Waals surface area contributed by atoms with Crippen LogP contribution in [0.3, 0.4) is 0 Å². The van der Waals surface area contributed by atoms with Gasteiger partial charge >= 0.3 is 0 Å². The minimum Gasteiger partial charge on any atom is -0.343 e. The quantitative estimate of drug-likeness (QED) is 0.153. The van der Waals surface area contributed by atoms with Gasteiger partial charge in [-0.15, -0.1) is 17.5 Å². The Hall–Kier alpha value is -2.55. The third kappa shape index (κ3) is 6.22. The molecule has 0 saturated heterocycles. The van der Waals surface area contributed by atoms with Gasteiger partial charge in [0.25, 0.3) is 0 Å². The molecule has 0 radical (unpaired) electrons. The molecule has 1 N–H and O–H groups in total. The molecule has 0 bridgehead atoms. The van der Waals surface area contributed by atoms with Crippen molar-refractivity contribution in [1.29, 1.82) is 0 Å². The predicted molar refractivity (Wildman–Crippen MR) is 151 cm³/mol. The van der Waals surface area contributed by atoms with Crippen LogP contribution in [0.15, 0.2) is 84.1 Å². The lowest BCUT2D eigenvalue weighted by Crippen LogP contribution is -2.15. The maximum absolute atomic E-state index is 6.43. The molecule has 3 aromatic carbocycles. The van der Waals surface area contributed by atoms with E-state index in [4.69, 9.17) is 23.2 Å². The highest BCUT2D eigenvalue weighted by atomic mass is 35.5. The zero-order chi connectivity index (χ0) is 24.0. The topological polar surface area (TPSA) is 60.6 Å². The molecule has 0 aliphatic rings. The van der Waals surface area contributed by atoms with Gasteiger partial charge in [-0.25, -0.2) is 0 Å². The Labute approximate surface area is 230 Å². The van der Waals surface area contributed by atoms with Crippen LogP contribution in [0.25, 0.3) is 16.6 Å². The van der Waals surface area contributed by atoms with Gasteiger partial charge in [0.15, 0.2) is 0 Å². The van der Waals surface area contributed by atoms with Gasteiger partial charge in [0, 0.05) is 46.0 Å². The summed E-state index contributed by atoms with van der Waals surface area (Å²) in [5.41, 5.74) is 4.48. The smallest absolute Gasteiger partial charge is 0.214 e. The van der Waals surface area contributed by atoms with Gasteiger partial charge in [0.05, 0.1) is 5.69 Å². The van der Waals surface area contributed by atoms with E-state index in [1.54, 1.807) is 22.5 Å². The first-order chi connectivity index (χ1) is 17.2. The van der Waals surface area contributed by atoms with Gasteiger partial charge < -0.3 is 9.88 Å². The first-order valence-electron chi connectivity index (χ1n) is 11.4. The predicted octanol–water partition coefficient (Wildman–Crippen LogP) is 6.67. The van der Waals surface area contributed by atoms with Crippen molar-refractivity contribution in [3.63, 3.8) is 0 Å². The summed E-state index contributed by atoms with van der Waals surface area (Å²) in [4.78, 5) is 0. The maximum atomic E-state index is 6.43. The van der Waals surface area contributed by atoms with Crippen molar-refractivity contribution in [2.45, 2.75) is 24.7 Å². The molecule has 2 heterocycles. The number of para-hydroxylation sites is 2. The standard InChI is InChI=1S/C26H24Cl2N6S.ClH/c27-21-12-11-19(24(28)15-21)17-33-18-20(23-9-4-5-10-25(23)33)16-29-13-6-14-35-26-30-31-32-34(26)22-7-2-1-3-8-22;/h1-5,7-12,15,18,29H,6,13-14,16-17H2;1H. The molecule has 5 rings (SSSR count). The normalized spacial score (nSPS) is 11.1. The second-order valence-electron chi connectivity index (χ2n) is 8.12. The third-order valence-electron chi connectivity index (χ3n) is 5.71. The number of fused-ring (bicyclic) bond motifs is 1. The highest BCUT2D eigenvalue weighted by molar-refractivity contribution is 7.99. The van der Waals surface area contributed by atoms with E-state index in [2.05, 4.69) is 55.9 Å². The average molecular weight is 560 g/mol. The fourth-order valence-electron chi connectivity index (χ4n) is 4.01. The molecule has 6 nitrogen and oxygen atoms in total. The van der Waals surface area contributed by atoms with Crippen molar-refractivity contribution in [3.05, 3.63) is 100 Å². The van der Waals surface area contributed by atoms with E-state index < -0.39 is 0 Å². The van der Waals surface area contributed by atoms with Gasteiger partial charge in [-0.3, -0.25) is 0 Å². The summed E-state index contributed by atoms with van der Waals surface area (Å²) in [7, 11) is 0. The Balaban J connectivity index is 0.00000304. The van der Waals surface area contributed by atoms with E-state index in [1.807, 2.05) is 42.5 Å². The van der Waals surface area contributed by atoms with Gasteiger partial charge in [-0.05, 0) is 64.9 Å². The number of nitrogens with zero attached hydrogens (tertiary/aromatic N) is 5. The van der Waals surface area contributed by atoms with Gasteiger partial charge in [-0.1, -0.05) is 77.4 Å². The highest BCUT2D eigenvalue weighted by Crippen LogP contribution is 2.26. The van der Waals surface area contributed by atoms with Crippen molar-refractivity contribution in [1.82, 2.24) is 30.1 Å². The summed E-state index contributed by atoms with van der Waals surface area (Å²) in [6, 6.07) is 24.1. The van der Waals surface area contributed by atoms with Crippen molar-refractivity contribution in [3.8, 4) is 5.69 Å². The van der Waals surface area contributed by atoms with E-state index >= 15 is 0 Å². The molecule has 0 aliphatic carbocycles. The monoisotopic (exact) mass is 558 g/mol. The number of hydrogen-bond donors (Lipinski definition) is 1. The molecule has 36 heavy (non-hydrogen) atoms. The largest absolute Gasteiger partial charge is 0.343 e. The Morgan fingerprint density at radius 3 is 2.56 bits per heavy atom. The first kappa shape index (κ1) is 26.5. The number of hydrogen-bond acceptors (Lipinski definition) is 5. The summed E-state index contributed by atoms with van der Waals surface area (Å²) in [6.07, 6.45) is 3.22. The molecule has 0 amide bonds. The molecule has 0 unspecified atom stereocenters. The zero-order valence-corrected chi connectivity index (χ0v) is 22.5. The summed E-state index contributed by atoms with van der Waals surface area (Å²) in [5.74, 6) is 0.928. The Morgan fingerprint density at radius 2 is 1.72 bits per heavy atom. The van der Waals surface area contributed by atoms with E-state index in [1.165, 1.54) is 16.5 Å². The van der Waals surface area contributed by atoms with Crippen LogP contribution < -0.4 is 5.32 Å². The van der Waals surface area contributed by atoms with Crippen molar-refractivity contribution >= 4 is 58.3 Å². The van der Waals surface area contributed by atoms with E-state index in [0.29, 0.717) is 16.6 Å². The molecule has 186 valence electrons. The Morgan fingerprint density at radius 1 is 0.917 bits per heavy atom. The fraction of sp³-hybridized carbons (Fsp3) is 0.192. The van der Waals surface area contributed by atoms with Crippen LogP contribution in [-0.2, 0) is 13.1 Å². The van der Waals surface area contributed by atoms with Crippen molar-refractivity contribution in [2.75, 3.05) is 12.3 Å². The lowest BCUT2D eigenvalue weighted by atomic mass is 10.2. The highest BCUT2D eigenvalue weighted by Gasteiger charge is 2.11. The SMILES string of the molecule is Cl.Clc1ccc(Cn2cc(CNCCCSc3nnnn3-c3ccccc3)c3ccccc32)c(Cl)c1. The van der Waals surface area contributed by atoms with Crippen LogP contribution >= 0.6 is 47.4 Å². The summed E-state index contributed by atoms with van der Waals surface area (Å²) in [6.45, 7) is 2.40. The number of rotatable bonds is 10. The second kappa shape index (κ2) is 12.6. The third-order valence-corrected chi connectivity index (χ3v) is 7.31. The van der Waals surface area contributed by atoms with Crippen LogP contribution in [-0.4, -0.2) is 37.1 Å². The molecular weight excluding hydrogens is 535 g/mol.